The minimum Gasteiger partial charge on any atom is -0.357 e. The number of aryl methyl sites for hydroxylation is 2. The van der Waals surface area contributed by atoms with Crippen LogP contribution in [0.1, 0.15) is 29.2 Å². The van der Waals surface area contributed by atoms with Gasteiger partial charge in [0, 0.05) is 19.2 Å². The molecular weight excluding hydrogens is 331 g/mol. The van der Waals surface area contributed by atoms with Crippen LogP contribution in [-0.2, 0) is 22.6 Å². The Morgan fingerprint density at radius 2 is 1.81 bits per heavy atom. The largest absolute Gasteiger partial charge is 0.357 e. The Labute approximate surface area is 154 Å². The van der Waals surface area contributed by atoms with Gasteiger partial charge in [0.15, 0.2) is 0 Å². The average molecular weight is 356 g/mol. The van der Waals surface area contributed by atoms with E-state index in [0.717, 1.165) is 16.7 Å². The van der Waals surface area contributed by atoms with Gasteiger partial charge in [-0.15, -0.1) is 0 Å². The smallest absolute Gasteiger partial charge is 0.242 e. The number of carbonyl (C=O) groups is 2. The molecule has 2 aromatic carbocycles. The molecule has 2 aromatic rings. The number of halogens is 1. The van der Waals surface area contributed by atoms with Gasteiger partial charge in [-0.05, 0) is 38.0 Å². The number of rotatable bonds is 6. The number of carbonyl (C=O) groups excluding carboxylic acids is 2. The van der Waals surface area contributed by atoms with Crippen LogP contribution in [0.3, 0.4) is 0 Å². The number of amides is 2. The molecule has 1 N–H and O–H groups in total. The van der Waals surface area contributed by atoms with Crippen molar-refractivity contribution in [3.05, 3.63) is 70.5 Å². The van der Waals surface area contributed by atoms with Gasteiger partial charge in [0.05, 0.1) is 6.42 Å². The summed E-state index contributed by atoms with van der Waals surface area (Å²) in [6.45, 7) is 5.62. The molecule has 26 heavy (non-hydrogen) atoms. The maximum atomic E-state index is 14.1. The molecule has 0 saturated carbocycles. The van der Waals surface area contributed by atoms with E-state index in [4.69, 9.17) is 0 Å². The molecular formula is C21H25FN2O2. The summed E-state index contributed by atoms with van der Waals surface area (Å²) < 4.78 is 14.1. The van der Waals surface area contributed by atoms with Crippen LogP contribution < -0.4 is 5.32 Å². The van der Waals surface area contributed by atoms with E-state index in [1.807, 2.05) is 32.0 Å². The van der Waals surface area contributed by atoms with Crippen LogP contribution in [0.5, 0.6) is 0 Å². The summed E-state index contributed by atoms with van der Waals surface area (Å²) in [5.41, 5.74) is 3.39. The monoisotopic (exact) mass is 356 g/mol. The van der Waals surface area contributed by atoms with E-state index >= 15 is 0 Å². The fourth-order valence-electron chi connectivity index (χ4n) is 2.86. The molecule has 138 valence electrons. The van der Waals surface area contributed by atoms with E-state index in [9.17, 15) is 14.0 Å². The molecule has 0 heterocycles. The molecule has 0 aliphatic heterocycles. The van der Waals surface area contributed by atoms with Gasteiger partial charge in [-0.3, -0.25) is 9.59 Å². The van der Waals surface area contributed by atoms with Gasteiger partial charge >= 0.3 is 0 Å². The Balaban J connectivity index is 2.30. The van der Waals surface area contributed by atoms with E-state index in [2.05, 4.69) is 5.32 Å². The third-order valence-corrected chi connectivity index (χ3v) is 4.56. The van der Waals surface area contributed by atoms with Crippen molar-refractivity contribution >= 4 is 11.8 Å². The molecule has 5 heteroatoms. The second-order valence-corrected chi connectivity index (χ2v) is 6.51. The molecule has 0 aliphatic carbocycles. The first kappa shape index (κ1) is 19.6. The quantitative estimate of drug-likeness (QED) is 0.864. The highest BCUT2D eigenvalue weighted by molar-refractivity contribution is 5.88. The number of nitrogens with one attached hydrogen (secondary N) is 1. The highest BCUT2D eigenvalue weighted by Gasteiger charge is 2.26. The van der Waals surface area contributed by atoms with Crippen molar-refractivity contribution in [3.8, 4) is 0 Å². The SMILES string of the molecule is CNC(=O)[C@H](C)N(Cc1ccccc1F)C(=O)Cc1cc(C)ccc1C. The number of nitrogens with zero attached hydrogens (tertiary/aromatic N) is 1. The van der Waals surface area contributed by atoms with Crippen LogP contribution in [0.25, 0.3) is 0 Å². The Morgan fingerprint density at radius 3 is 2.46 bits per heavy atom. The van der Waals surface area contributed by atoms with Crippen LogP contribution in [0.2, 0.25) is 0 Å². The standard InChI is InChI=1S/C21H25FN2O2/c1-14-9-10-15(2)18(11-14)12-20(25)24(16(3)21(26)23-4)13-17-7-5-6-8-19(17)22/h5-11,16H,12-13H2,1-4H3,(H,23,26)/t16-/m0/s1. The van der Waals surface area contributed by atoms with E-state index in [1.165, 1.54) is 18.0 Å². The van der Waals surface area contributed by atoms with Gasteiger partial charge < -0.3 is 10.2 Å². The van der Waals surface area contributed by atoms with Crippen molar-refractivity contribution < 1.29 is 14.0 Å². The lowest BCUT2D eigenvalue weighted by Gasteiger charge is -2.29. The van der Waals surface area contributed by atoms with Crippen LogP contribution >= 0.6 is 0 Å². The van der Waals surface area contributed by atoms with Gasteiger partial charge in [-0.1, -0.05) is 42.0 Å². The molecule has 0 radical (unpaired) electrons. The molecule has 2 rings (SSSR count). The lowest BCUT2D eigenvalue weighted by atomic mass is 10.0. The molecule has 0 unspecified atom stereocenters. The minimum absolute atomic E-state index is 0.0466. The van der Waals surface area contributed by atoms with Gasteiger partial charge in [-0.2, -0.15) is 0 Å². The van der Waals surface area contributed by atoms with Gasteiger partial charge in [0.2, 0.25) is 11.8 Å². The highest BCUT2D eigenvalue weighted by Crippen LogP contribution is 2.17. The number of hydrogen-bond donors (Lipinski definition) is 1. The maximum Gasteiger partial charge on any atom is 0.242 e. The molecule has 0 fully saturated rings. The zero-order valence-corrected chi connectivity index (χ0v) is 15.7. The topological polar surface area (TPSA) is 49.4 Å². The zero-order valence-electron chi connectivity index (χ0n) is 15.7. The maximum absolute atomic E-state index is 14.1. The van der Waals surface area contributed by atoms with Gasteiger partial charge in [-0.25, -0.2) is 4.39 Å². The molecule has 0 aliphatic rings. The Morgan fingerprint density at radius 1 is 1.12 bits per heavy atom. The molecule has 0 bridgehead atoms. The van der Waals surface area contributed by atoms with E-state index in [1.54, 1.807) is 25.1 Å². The van der Waals surface area contributed by atoms with Crippen molar-refractivity contribution in [2.24, 2.45) is 0 Å². The Hall–Kier alpha value is -2.69. The predicted octanol–water partition coefficient (Wildman–Crippen LogP) is 3.15. The molecule has 0 aromatic heterocycles. The van der Waals surface area contributed by atoms with Crippen molar-refractivity contribution in [2.45, 2.75) is 39.8 Å². The fraction of sp³-hybridized carbons (Fsp3) is 0.333. The summed E-state index contributed by atoms with van der Waals surface area (Å²) in [4.78, 5) is 26.5. The zero-order chi connectivity index (χ0) is 19.3. The van der Waals surface area contributed by atoms with E-state index in [-0.39, 0.29) is 30.6 Å². The number of likely N-dealkylation sites (N-methyl/N-ethyl adjacent to an activating group) is 1. The van der Waals surface area contributed by atoms with Gasteiger partial charge in [0.25, 0.3) is 0 Å². The van der Waals surface area contributed by atoms with Crippen molar-refractivity contribution in [1.29, 1.82) is 0 Å². The van der Waals surface area contributed by atoms with Crippen LogP contribution in [-0.4, -0.2) is 29.8 Å². The fourth-order valence-corrected chi connectivity index (χ4v) is 2.86. The lowest BCUT2D eigenvalue weighted by molar-refractivity contribution is -0.139. The Kier molecular flexibility index (Phi) is 6.50. The van der Waals surface area contributed by atoms with Crippen molar-refractivity contribution in [2.75, 3.05) is 7.05 Å². The van der Waals surface area contributed by atoms with Crippen LogP contribution in [0, 0.1) is 19.7 Å². The lowest BCUT2D eigenvalue weighted by Crippen LogP contribution is -2.47. The number of hydrogen-bond acceptors (Lipinski definition) is 2. The normalized spacial score (nSPS) is 11.7. The minimum atomic E-state index is -0.697. The van der Waals surface area contributed by atoms with Crippen molar-refractivity contribution in [3.63, 3.8) is 0 Å². The molecule has 2 amide bonds. The molecule has 1 atom stereocenters. The second-order valence-electron chi connectivity index (χ2n) is 6.51. The summed E-state index contributed by atoms with van der Waals surface area (Å²) >= 11 is 0. The van der Waals surface area contributed by atoms with Gasteiger partial charge in [0.1, 0.15) is 11.9 Å². The Bertz CT molecular complexity index is 804. The first-order valence-corrected chi connectivity index (χ1v) is 8.64. The van der Waals surface area contributed by atoms with E-state index in [0.29, 0.717) is 5.56 Å². The molecule has 4 nitrogen and oxygen atoms in total. The second kappa shape index (κ2) is 8.61. The summed E-state index contributed by atoms with van der Waals surface area (Å²) in [7, 11) is 1.52. The number of benzene rings is 2. The highest BCUT2D eigenvalue weighted by atomic mass is 19.1. The summed E-state index contributed by atoms with van der Waals surface area (Å²) in [5, 5.41) is 2.56. The first-order valence-electron chi connectivity index (χ1n) is 8.64. The molecule has 0 saturated heterocycles. The molecule has 0 spiro atoms. The van der Waals surface area contributed by atoms with Crippen molar-refractivity contribution in [1.82, 2.24) is 10.2 Å². The summed E-state index contributed by atoms with van der Waals surface area (Å²) in [5.74, 6) is -0.880. The summed E-state index contributed by atoms with van der Waals surface area (Å²) in [6.07, 6.45) is 0.170. The predicted molar refractivity (Wildman–Crippen MR) is 100 cm³/mol. The summed E-state index contributed by atoms with van der Waals surface area (Å²) in [6, 6.07) is 11.5. The third-order valence-electron chi connectivity index (χ3n) is 4.56. The van der Waals surface area contributed by atoms with E-state index < -0.39 is 6.04 Å². The van der Waals surface area contributed by atoms with Crippen LogP contribution in [0.15, 0.2) is 42.5 Å². The first-order chi connectivity index (χ1) is 12.3. The van der Waals surface area contributed by atoms with Crippen LogP contribution in [0.4, 0.5) is 4.39 Å². The third kappa shape index (κ3) is 4.69. The average Bonchev–Trinajstić information content (AvgIpc) is 2.62.